The molecule has 10 heavy (non-hydrogen) atoms. The maximum Gasteiger partial charge on any atom is 0.0733 e. The van der Waals surface area contributed by atoms with Crippen LogP contribution >= 0.6 is 11.6 Å². The fourth-order valence-electron chi connectivity index (χ4n) is 0.758. The molecule has 0 radical (unpaired) electrons. The molecule has 0 bridgehead atoms. The van der Waals surface area contributed by atoms with Gasteiger partial charge in [0.05, 0.1) is 11.7 Å². The summed E-state index contributed by atoms with van der Waals surface area (Å²) in [6.45, 7) is 3.48. The van der Waals surface area contributed by atoms with Gasteiger partial charge < -0.3 is 9.84 Å². The number of hydrogen-bond acceptors (Lipinski definition) is 2. The second-order valence-corrected chi connectivity index (χ2v) is 3.34. The van der Waals surface area contributed by atoms with Crippen molar-refractivity contribution in [1.29, 1.82) is 0 Å². The Hall–Kier alpha value is 0.210. The third-order valence-electron chi connectivity index (χ3n) is 1.23. The molecule has 62 valence electrons. The van der Waals surface area contributed by atoms with Crippen LogP contribution in [0.3, 0.4) is 0 Å². The maximum absolute atomic E-state index is 9.31. The van der Waals surface area contributed by atoms with Crippen molar-refractivity contribution in [3.63, 3.8) is 0 Å². The van der Waals surface area contributed by atoms with Gasteiger partial charge in [-0.05, 0) is 13.8 Å². The standard InChI is InChI=1S/C7H15ClO2/c1-7(2,9)4-6(5-8)10-3/h6,9H,4-5H2,1-3H3. The number of aliphatic hydroxyl groups is 1. The van der Waals surface area contributed by atoms with Crippen LogP contribution in [-0.2, 0) is 4.74 Å². The van der Waals surface area contributed by atoms with Crippen LogP contribution in [0.5, 0.6) is 0 Å². The van der Waals surface area contributed by atoms with E-state index in [0.717, 1.165) is 0 Å². The lowest BCUT2D eigenvalue weighted by molar-refractivity contribution is 0.00795. The van der Waals surface area contributed by atoms with Crippen LogP contribution in [0.4, 0.5) is 0 Å². The summed E-state index contributed by atoms with van der Waals surface area (Å²) in [7, 11) is 1.60. The van der Waals surface area contributed by atoms with E-state index in [0.29, 0.717) is 12.3 Å². The van der Waals surface area contributed by atoms with E-state index in [1.54, 1.807) is 21.0 Å². The molecule has 1 unspecified atom stereocenters. The van der Waals surface area contributed by atoms with Crippen LogP contribution in [-0.4, -0.2) is 29.8 Å². The molecule has 0 aliphatic rings. The lowest BCUT2D eigenvalue weighted by Crippen LogP contribution is -2.28. The first-order valence-electron chi connectivity index (χ1n) is 3.30. The lowest BCUT2D eigenvalue weighted by Gasteiger charge is -2.21. The predicted octanol–water partition coefficient (Wildman–Crippen LogP) is 1.40. The summed E-state index contributed by atoms with van der Waals surface area (Å²) in [6.07, 6.45) is 0.536. The van der Waals surface area contributed by atoms with E-state index in [9.17, 15) is 5.11 Å². The molecule has 0 heterocycles. The van der Waals surface area contributed by atoms with Crippen molar-refractivity contribution in [2.75, 3.05) is 13.0 Å². The Morgan fingerprint density at radius 1 is 1.60 bits per heavy atom. The second-order valence-electron chi connectivity index (χ2n) is 3.03. The van der Waals surface area contributed by atoms with Gasteiger partial charge >= 0.3 is 0 Å². The molecule has 0 spiro atoms. The van der Waals surface area contributed by atoms with Gasteiger partial charge in [-0.1, -0.05) is 0 Å². The monoisotopic (exact) mass is 166 g/mol. The summed E-state index contributed by atoms with van der Waals surface area (Å²) in [5, 5.41) is 9.31. The van der Waals surface area contributed by atoms with Crippen LogP contribution in [0.15, 0.2) is 0 Å². The van der Waals surface area contributed by atoms with Gasteiger partial charge in [0.25, 0.3) is 0 Å². The highest BCUT2D eigenvalue weighted by Crippen LogP contribution is 2.13. The van der Waals surface area contributed by atoms with Crippen LogP contribution in [0.25, 0.3) is 0 Å². The summed E-state index contributed by atoms with van der Waals surface area (Å²) < 4.78 is 4.98. The fraction of sp³-hybridized carbons (Fsp3) is 1.00. The Kier molecular flexibility index (Phi) is 4.25. The van der Waals surface area contributed by atoms with Crippen molar-refractivity contribution in [3.05, 3.63) is 0 Å². The molecule has 0 amide bonds. The van der Waals surface area contributed by atoms with Crippen molar-refractivity contribution in [3.8, 4) is 0 Å². The Bertz CT molecular complexity index is 84.1. The van der Waals surface area contributed by atoms with E-state index in [1.807, 2.05) is 0 Å². The van der Waals surface area contributed by atoms with Crippen molar-refractivity contribution in [2.45, 2.75) is 32.0 Å². The molecular formula is C7H15ClO2. The number of methoxy groups -OCH3 is 1. The van der Waals surface area contributed by atoms with Gasteiger partial charge in [0.15, 0.2) is 0 Å². The van der Waals surface area contributed by atoms with Gasteiger partial charge in [-0.25, -0.2) is 0 Å². The van der Waals surface area contributed by atoms with Gasteiger partial charge in [0.1, 0.15) is 0 Å². The zero-order chi connectivity index (χ0) is 8.20. The highest BCUT2D eigenvalue weighted by Gasteiger charge is 2.18. The first-order chi connectivity index (χ1) is 4.49. The summed E-state index contributed by atoms with van der Waals surface area (Å²) >= 11 is 5.54. The molecule has 3 heteroatoms. The van der Waals surface area contributed by atoms with Crippen molar-refractivity contribution < 1.29 is 9.84 Å². The normalized spacial score (nSPS) is 15.3. The molecule has 1 N–H and O–H groups in total. The topological polar surface area (TPSA) is 29.5 Å². The smallest absolute Gasteiger partial charge is 0.0733 e. The van der Waals surface area contributed by atoms with Crippen LogP contribution in [0.2, 0.25) is 0 Å². The Morgan fingerprint density at radius 3 is 2.20 bits per heavy atom. The molecule has 0 fully saturated rings. The highest BCUT2D eigenvalue weighted by molar-refractivity contribution is 6.18. The molecule has 0 aliphatic heterocycles. The zero-order valence-corrected chi connectivity index (χ0v) is 7.48. The molecule has 0 rings (SSSR count). The molecule has 0 aromatic carbocycles. The van der Waals surface area contributed by atoms with Gasteiger partial charge in [0.2, 0.25) is 0 Å². The SMILES string of the molecule is COC(CCl)CC(C)(C)O. The molecular weight excluding hydrogens is 152 g/mol. The fourth-order valence-corrected chi connectivity index (χ4v) is 0.993. The van der Waals surface area contributed by atoms with E-state index >= 15 is 0 Å². The van der Waals surface area contributed by atoms with Gasteiger partial charge in [-0.15, -0.1) is 11.6 Å². The summed E-state index contributed by atoms with van der Waals surface area (Å²) in [5.41, 5.74) is -0.685. The zero-order valence-electron chi connectivity index (χ0n) is 6.72. The molecule has 0 saturated heterocycles. The van der Waals surface area contributed by atoms with Gasteiger partial charge in [-0.3, -0.25) is 0 Å². The highest BCUT2D eigenvalue weighted by atomic mass is 35.5. The number of halogens is 1. The molecule has 1 atom stereocenters. The lowest BCUT2D eigenvalue weighted by atomic mass is 10.0. The average molecular weight is 167 g/mol. The number of ether oxygens (including phenoxy) is 1. The van der Waals surface area contributed by atoms with Crippen LogP contribution in [0.1, 0.15) is 20.3 Å². The summed E-state index contributed by atoms with van der Waals surface area (Å²) in [5.74, 6) is 0.431. The Balaban J connectivity index is 3.63. The predicted molar refractivity (Wildman–Crippen MR) is 42.4 cm³/mol. The van der Waals surface area contributed by atoms with Crippen molar-refractivity contribution in [1.82, 2.24) is 0 Å². The first kappa shape index (κ1) is 10.2. The largest absolute Gasteiger partial charge is 0.390 e. The third kappa shape index (κ3) is 5.03. The summed E-state index contributed by atoms with van der Waals surface area (Å²) in [6, 6.07) is 0. The Morgan fingerprint density at radius 2 is 2.10 bits per heavy atom. The van der Waals surface area contributed by atoms with Crippen LogP contribution in [0, 0.1) is 0 Å². The molecule has 0 saturated carbocycles. The number of alkyl halides is 1. The van der Waals surface area contributed by atoms with E-state index in [2.05, 4.69) is 0 Å². The average Bonchev–Trinajstić information content (AvgIpc) is 1.81. The summed E-state index contributed by atoms with van der Waals surface area (Å²) in [4.78, 5) is 0. The molecule has 0 aliphatic carbocycles. The van der Waals surface area contributed by atoms with Crippen molar-refractivity contribution >= 4 is 11.6 Å². The minimum atomic E-state index is -0.685. The minimum Gasteiger partial charge on any atom is -0.390 e. The number of rotatable bonds is 4. The van der Waals surface area contributed by atoms with Crippen LogP contribution < -0.4 is 0 Å². The second kappa shape index (κ2) is 4.16. The van der Waals surface area contributed by atoms with E-state index in [-0.39, 0.29) is 6.10 Å². The van der Waals surface area contributed by atoms with E-state index < -0.39 is 5.60 Å². The minimum absolute atomic E-state index is 0.0401. The van der Waals surface area contributed by atoms with E-state index in [4.69, 9.17) is 16.3 Å². The van der Waals surface area contributed by atoms with Gasteiger partial charge in [-0.2, -0.15) is 0 Å². The number of hydrogen-bond donors (Lipinski definition) is 1. The quantitative estimate of drug-likeness (QED) is 0.640. The van der Waals surface area contributed by atoms with Crippen molar-refractivity contribution in [2.24, 2.45) is 0 Å². The van der Waals surface area contributed by atoms with Gasteiger partial charge in [0, 0.05) is 19.4 Å². The third-order valence-corrected chi connectivity index (χ3v) is 1.58. The Labute approximate surface area is 67.1 Å². The molecule has 0 aromatic rings. The maximum atomic E-state index is 9.31. The molecule has 2 nitrogen and oxygen atoms in total. The van der Waals surface area contributed by atoms with E-state index in [1.165, 1.54) is 0 Å². The molecule has 0 aromatic heterocycles. The first-order valence-corrected chi connectivity index (χ1v) is 3.84.